The van der Waals surface area contributed by atoms with Crippen LogP contribution in [0.1, 0.15) is 36.8 Å². The van der Waals surface area contributed by atoms with Crippen LogP contribution in [0.4, 0.5) is 13.2 Å². The van der Waals surface area contributed by atoms with Gasteiger partial charge in [-0.05, 0) is 31.4 Å². The fourth-order valence-electron chi connectivity index (χ4n) is 2.33. The van der Waals surface area contributed by atoms with Gasteiger partial charge in [0.1, 0.15) is 5.54 Å². The van der Waals surface area contributed by atoms with Gasteiger partial charge in [-0.15, -0.1) is 0 Å². The third kappa shape index (κ3) is 2.24. The summed E-state index contributed by atoms with van der Waals surface area (Å²) in [5.41, 5.74) is -1.22. The number of halogens is 3. The first-order valence-electron chi connectivity index (χ1n) is 5.79. The molecule has 0 saturated heterocycles. The summed E-state index contributed by atoms with van der Waals surface area (Å²) < 4.78 is 44.2. The van der Waals surface area contributed by atoms with Gasteiger partial charge in [0.15, 0.2) is 11.6 Å². The number of benzene rings is 1. The van der Waals surface area contributed by atoms with Crippen molar-refractivity contribution >= 4 is 6.08 Å². The van der Waals surface area contributed by atoms with Gasteiger partial charge in [0.05, 0.1) is 7.11 Å². The average molecular weight is 271 g/mol. The number of aliphatic imine (C=N–C) groups is 1. The van der Waals surface area contributed by atoms with E-state index in [-0.39, 0.29) is 11.3 Å². The molecule has 1 aliphatic carbocycles. The number of rotatable bonds is 4. The predicted molar refractivity (Wildman–Crippen MR) is 61.6 cm³/mol. The van der Waals surface area contributed by atoms with E-state index in [4.69, 9.17) is 4.74 Å². The van der Waals surface area contributed by atoms with Crippen molar-refractivity contribution in [2.75, 3.05) is 7.11 Å². The molecule has 1 aromatic rings. The number of hydrogen-bond acceptors (Lipinski definition) is 3. The first-order chi connectivity index (χ1) is 9.04. The van der Waals surface area contributed by atoms with Crippen molar-refractivity contribution in [3.63, 3.8) is 0 Å². The molecule has 1 aromatic carbocycles. The van der Waals surface area contributed by atoms with Crippen molar-refractivity contribution in [1.29, 1.82) is 0 Å². The summed E-state index contributed by atoms with van der Waals surface area (Å²) in [6.45, 7) is 0. The molecule has 0 aliphatic heterocycles. The molecule has 1 aliphatic rings. The Bertz CT molecular complexity index is 535. The topological polar surface area (TPSA) is 38.7 Å². The molecule has 0 bridgehead atoms. The van der Waals surface area contributed by atoms with Gasteiger partial charge in [0.25, 0.3) is 6.43 Å². The molecule has 6 heteroatoms. The van der Waals surface area contributed by atoms with E-state index >= 15 is 0 Å². The normalized spacial score (nSPS) is 16.7. The highest BCUT2D eigenvalue weighted by Crippen LogP contribution is 2.49. The van der Waals surface area contributed by atoms with Crippen LogP contribution in [-0.4, -0.2) is 13.2 Å². The van der Waals surface area contributed by atoms with Crippen molar-refractivity contribution in [2.24, 2.45) is 4.99 Å². The maximum atomic E-state index is 13.8. The largest absolute Gasteiger partial charge is 0.493 e. The Kier molecular flexibility index (Phi) is 3.62. The minimum atomic E-state index is -2.79. The van der Waals surface area contributed by atoms with Gasteiger partial charge in [-0.1, -0.05) is 0 Å². The van der Waals surface area contributed by atoms with Crippen LogP contribution >= 0.6 is 0 Å². The Morgan fingerprint density at radius 1 is 1.42 bits per heavy atom. The molecular formula is C13H12F3NO2. The fraction of sp³-hybridized carbons (Fsp3) is 0.462. The first kappa shape index (κ1) is 13.6. The number of alkyl halides is 2. The molecular weight excluding hydrogens is 259 g/mol. The van der Waals surface area contributed by atoms with Gasteiger partial charge in [0.2, 0.25) is 6.08 Å². The standard InChI is InChI=1S/C13H12F3NO2/c1-19-11-9(13(17-7-18)3-2-4-13)5-8(12(15)16)6-10(11)14/h5-6,12H,2-4H2,1H3. The Hall–Kier alpha value is -1.81. The quantitative estimate of drug-likeness (QED) is 0.621. The monoisotopic (exact) mass is 271 g/mol. The highest BCUT2D eigenvalue weighted by atomic mass is 19.3. The van der Waals surface area contributed by atoms with Crippen LogP contribution in [0.2, 0.25) is 0 Å². The lowest BCUT2D eigenvalue weighted by Gasteiger charge is -2.38. The minimum Gasteiger partial charge on any atom is -0.493 e. The van der Waals surface area contributed by atoms with Crippen LogP contribution in [0.25, 0.3) is 0 Å². The second-order valence-electron chi connectivity index (χ2n) is 4.47. The summed E-state index contributed by atoms with van der Waals surface area (Å²) in [6, 6.07) is 1.90. The van der Waals surface area contributed by atoms with Crippen molar-refractivity contribution in [3.8, 4) is 5.75 Å². The summed E-state index contributed by atoms with van der Waals surface area (Å²) >= 11 is 0. The van der Waals surface area contributed by atoms with Crippen molar-refractivity contribution in [1.82, 2.24) is 0 Å². The van der Waals surface area contributed by atoms with Crippen molar-refractivity contribution in [3.05, 3.63) is 29.1 Å². The number of carbonyl (C=O) groups excluding carboxylic acids is 1. The molecule has 0 N–H and O–H groups in total. The molecule has 0 spiro atoms. The zero-order chi connectivity index (χ0) is 14.0. The molecule has 1 saturated carbocycles. The maximum absolute atomic E-state index is 13.8. The Balaban J connectivity index is 2.62. The maximum Gasteiger partial charge on any atom is 0.263 e. The zero-order valence-electron chi connectivity index (χ0n) is 10.3. The van der Waals surface area contributed by atoms with Gasteiger partial charge in [0, 0.05) is 11.1 Å². The minimum absolute atomic E-state index is 0.136. The summed E-state index contributed by atoms with van der Waals surface area (Å²) in [7, 11) is 1.25. The lowest BCUT2D eigenvalue weighted by atomic mass is 9.71. The molecule has 102 valence electrons. The van der Waals surface area contributed by atoms with E-state index in [9.17, 15) is 18.0 Å². The van der Waals surface area contributed by atoms with Gasteiger partial charge < -0.3 is 4.74 Å². The number of hydrogen-bond donors (Lipinski definition) is 0. The van der Waals surface area contributed by atoms with E-state index in [1.54, 1.807) is 0 Å². The van der Waals surface area contributed by atoms with E-state index in [1.165, 1.54) is 13.2 Å². The lowest BCUT2D eigenvalue weighted by Crippen LogP contribution is -2.32. The highest BCUT2D eigenvalue weighted by Gasteiger charge is 2.42. The molecule has 0 unspecified atom stereocenters. The predicted octanol–water partition coefficient (Wildman–Crippen LogP) is 3.49. The Labute approximate surface area is 108 Å². The lowest BCUT2D eigenvalue weighted by molar-refractivity contribution is 0.150. The van der Waals surface area contributed by atoms with Crippen LogP contribution < -0.4 is 4.74 Å². The summed E-state index contributed by atoms with van der Waals surface area (Å²) in [5, 5.41) is 0. The third-order valence-electron chi connectivity index (χ3n) is 3.46. The molecule has 0 radical (unpaired) electrons. The first-order valence-corrected chi connectivity index (χ1v) is 5.79. The fourth-order valence-corrected chi connectivity index (χ4v) is 2.33. The van der Waals surface area contributed by atoms with Crippen molar-refractivity contribution in [2.45, 2.75) is 31.2 Å². The Morgan fingerprint density at radius 3 is 2.53 bits per heavy atom. The molecule has 0 heterocycles. The summed E-state index contributed by atoms with van der Waals surface area (Å²) in [6.07, 6.45) is 0.411. The van der Waals surface area contributed by atoms with Gasteiger partial charge in [-0.2, -0.15) is 4.99 Å². The van der Waals surface area contributed by atoms with Gasteiger partial charge in [-0.25, -0.2) is 18.0 Å². The van der Waals surface area contributed by atoms with E-state index in [1.807, 2.05) is 0 Å². The second-order valence-corrected chi connectivity index (χ2v) is 4.47. The molecule has 2 rings (SSSR count). The molecule has 1 fully saturated rings. The number of isocyanates is 1. The molecule has 0 aromatic heterocycles. The highest BCUT2D eigenvalue weighted by molar-refractivity contribution is 5.48. The molecule has 0 atom stereocenters. The van der Waals surface area contributed by atoms with Crippen molar-refractivity contribution < 1.29 is 22.7 Å². The average Bonchev–Trinajstić information content (AvgIpc) is 2.32. The SMILES string of the molecule is COc1c(F)cc(C(F)F)cc1C1(N=C=O)CCC1. The molecule has 3 nitrogen and oxygen atoms in total. The molecule has 19 heavy (non-hydrogen) atoms. The summed E-state index contributed by atoms with van der Waals surface area (Å²) in [5.74, 6) is -1.01. The van der Waals surface area contributed by atoms with Crippen LogP contribution in [0.5, 0.6) is 5.75 Å². The second kappa shape index (κ2) is 5.05. The number of methoxy groups -OCH3 is 1. The molecule has 0 amide bonds. The number of ether oxygens (including phenoxy) is 1. The Morgan fingerprint density at radius 2 is 2.11 bits per heavy atom. The van der Waals surface area contributed by atoms with E-state index < -0.39 is 23.3 Å². The van der Waals surface area contributed by atoms with Crippen LogP contribution in [0.15, 0.2) is 17.1 Å². The van der Waals surface area contributed by atoms with Crippen LogP contribution in [0.3, 0.4) is 0 Å². The van der Waals surface area contributed by atoms with Gasteiger partial charge in [-0.3, -0.25) is 0 Å². The zero-order valence-corrected chi connectivity index (χ0v) is 10.3. The van der Waals surface area contributed by atoms with Crippen LogP contribution in [0, 0.1) is 5.82 Å². The van der Waals surface area contributed by atoms with E-state index in [0.717, 1.165) is 18.6 Å². The number of nitrogens with zero attached hydrogens (tertiary/aromatic N) is 1. The van der Waals surface area contributed by atoms with E-state index in [0.29, 0.717) is 12.8 Å². The van der Waals surface area contributed by atoms with E-state index in [2.05, 4.69) is 4.99 Å². The summed E-state index contributed by atoms with van der Waals surface area (Å²) in [4.78, 5) is 14.2. The third-order valence-corrected chi connectivity index (χ3v) is 3.46. The van der Waals surface area contributed by atoms with Gasteiger partial charge >= 0.3 is 0 Å². The smallest absolute Gasteiger partial charge is 0.263 e. The van der Waals surface area contributed by atoms with Crippen LogP contribution in [-0.2, 0) is 10.3 Å².